The summed E-state index contributed by atoms with van der Waals surface area (Å²) in [6, 6.07) is 14.7. The summed E-state index contributed by atoms with van der Waals surface area (Å²) in [6.07, 6.45) is 0. The number of para-hydroxylation sites is 2. The molecule has 90 valence electrons. The number of hydrogen-bond acceptors (Lipinski definition) is 3. The van der Waals surface area contributed by atoms with E-state index in [1.807, 2.05) is 6.07 Å². The second-order valence-electron chi connectivity index (χ2n) is 3.34. The van der Waals surface area contributed by atoms with Crippen molar-refractivity contribution in [2.75, 3.05) is 0 Å². The third kappa shape index (κ3) is 5.57. The molecule has 0 saturated heterocycles. The Balaban J connectivity index is 0.00000162. The van der Waals surface area contributed by atoms with Crippen LogP contribution in [0.15, 0.2) is 59.5 Å². The minimum atomic E-state index is -4.28. The fourth-order valence-electron chi connectivity index (χ4n) is 1.36. The SMILES string of the molecule is O=S(=O)(O)c1ccccc1Oc1ccccc1.[Na].[Na]. The standard InChI is InChI=1S/C12H10O4S.2Na/c13-17(14,15)12-9-5-4-8-11(12)16-10-6-2-1-3-7-10;;/h1-9H,(H,13,14,15);;. The molecule has 0 amide bonds. The van der Waals surface area contributed by atoms with E-state index >= 15 is 0 Å². The molecule has 0 unspecified atom stereocenters. The molecule has 0 aromatic heterocycles. The van der Waals surface area contributed by atoms with Crippen LogP contribution in [0, 0.1) is 0 Å². The van der Waals surface area contributed by atoms with Crippen LogP contribution >= 0.6 is 0 Å². The van der Waals surface area contributed by atoms with Gasteiger partial charge in [0, 0.05) is 59.1 Å². The third-order valence-corrected chi connectivity index (χ3v) is 2.99. The maximum atomic E-state index is 11.1. The number of ether oxygens (including phenoxy) is 1. The smallest absolute Gasteiger partial charge is 0.298 e. The minimum absolute atomic E-state index is 0. The van der Waals surface area contributed by atoms with Gasteiger partial charge in [-0.25, -0.2) is 0 Å². The average Bonchev–Trinajstić information content (AvgIpc) is 2.30. The Morgan fingerprint density at radius 1 is 0.842 bits per heavy atom. The summed E-state index contributed by atoms with van der Waals surface area (Å²) in [4.78, 5) is -0.246. The van der Waals surface area contributed by atoms with Crippen molar-refractivity contribution in [3.8, 4) is 11.5 Å². The molecule has 4 nitrogen and oxygen atoms in total. The largest absolute Gasteiger partial charge is 0.456 e. The predicted octanol–water partition coefficient (Wildman–Crippen LogP) is 1.96. The molecule has 19 heavy (non-hydrogen) atoms. The number of hydrogen-bond donors (Lipinski definition) is 1. The van der Waals surface area contributed by atoms with E-state index in [9.17, 15) is 8.42 Å². The Bertz CT molecular complexity index is 615. The predicted molar refractivity (Wildman–Crippen MR) is 74.3 cm³/mol. The molecule has 0 heterocycles. The first-order valence-electron chi connectivity index (χ1n) is 4.87. The van der Waals surface area contributed by atoms with Crippen LogP contribution in [0.25, 0.3) is 0 Å². The molecule has 0 saturated carbocycles. The fourth-order valence-corrected chi connectivity index (χ4v) is 1.98. The Morgan fingerprint density at radius 3 is 1.95 bits per heavy atom. The van der Waals surface area contributed by atoms with Gasteiger partial charge in [0.1, 0.15) is 16.4 Å². The zero-order valence-electron chi connectivity index (χ0n) is 10.8. The van der Waals surface area contributed by atoms with Crippen LogP contribution in [-0.4, -0.2) is 72.1 Å². The molecule has 2 aromatic rings. The zero-order valence-corrected chi connectivity index (χ0v) is 15.6. The van der Waals surface area contributed by atoms with E-state index in [1.165, 1.54) is 18.2 Å². The maximum absolute atomic E-state index is 11.1. The van der Waals surface area contributed by atoms with Gasteiger partial charge in [-0.05, 0) is 24.3 Å². The summed E-state index contributed by atoms with van der Waals surface area (Å²) >= 11 is 0. The van der Waals surface area contributed by atoms with Crippen LogP contribution in [-0.2, 0) is 10.1 Å². The molecule has 0 aliphatic heterocycles. The summed E-state index contributed by atoms with van der Waals surface area (Å²) < 4.78 is 36.7. The molecule has 1 N–H and O–H groups in total. The quantitative estimate of drug-likeness (QED) is 0.694. The monoisotopic (exact) mass is 296 g/mol. The van der Waals surface area contributed by atoms with E-state index in [-0.39, 0.29) is 69.8 Å². The Morgan fingerprint density at radius 2 is 1.37 bits per heavy atom. The van der Waals surface area contributed by atoms with Crippen molar-refractivity contribution < 1.29 is 17.7 Å². The van der Waals surface area contributed by atoms with Crippen LogP contribution in [0.4, 0.5) is 0 Å². The van der Waals surface area contributed by atoms with Gasteiger partial charge in [0.15, 0.2) is 0 Å². The van der Waals surface area contributed by atoms with Crippen molar-refractivity contribution in [1.29, 1.82) is 0 Å². The molecule has 2 radical (unpaired) electrons. The van der Waals surface area contributed by atoms with E-state index in [1.54, 1.807) is 30.3 Å². The molecule has 0 bridgehead atoms. The van der Waals surface area contributed by atoms with Crippen molar-refractivity contribution in [2.45, 2.75) is 4.90 Å². The molecule has 2 aromatic carbocycles. The van der Waals surface area contributed by atoms with Gasteiger partial charge >= 0.3 is 0 Å². The van der Waals surface area contributed by atoms with Gasteiger partial charge < -0.3 is 4.74 Å². The van der Waals surface area contributed by atoms with Crippen molar-refractivity contribution in [3.63, 3.8) is 0 Å². The Labute approximate surface area is 156 Å². The van der Waals surface area contributed by atoms with E-state index in [0.29, 0.717) is 5.75 Å². The van der Waals surface area contributed by atoms with Crippen molar-refractivity contribution in [2.24, 2.45) is 0 Å². The molecule has 0 aliphatic rings. The minimum Gasteiger partial charge on any atom is -0.456 e. The normalized spacial score (nSPS) is 9.95. The first-order valence-corrected chi connectivity index (χ1v) is 6.31. The van der Waals surface area contributed by atoms with E-state index in [0.717, 1.165) is 0 Å². The molecule has 2 rings (SSSR count). The van der Waals surface area contributed by atoms with Gasteiger partial charge in [-0.2, -0.15) is 8.42 Å². The van der Waals surface area contributed by atoms with Gasteiger partial charge in [-0.1, -0.05) is 30.3 Å². The van der Waals surface area contributed by atoms with Gasteiger partial charge in [0.05, 0.1) is 0 Å². The molecule has 0 aliphatic carbocycles. The maximum Gasteiger partial charge on any atom is 0.298 e. The van der Waals surface area contributed by atoms with Gasteiger partial charge in [0.25, 0.3) is 10.1 Å². The number of rotatable bonds is 3. The molecule has 0 spiro atoms. The summed E-state index contributed by atoms with van der Waals surface area (Å²) in [5.74, 6) is 0.602. The van der Waals surface area contributed by atoms with Crippen LogP contribution in [0.1, 0.15) is 0 Å². The van der Waals surface area contributed by atoms with Crippen molar-refractivity contribution in [1.82, 2.24) is 0 Å². The Hall–Kier alpha value is 0.150. The molecule has 0 atom stereocenters. The summed E-state index contributed by atoms with van der Waals surface area (Å²) in [5.41, 5.74) is 0. The first-order chi connectivity index (χ1) is 8.07. The third-order valence-electron chi connectivity index (χ3n) is 2.10. The summed E-state index contributed by atoms with van der Waals surface area (Å²) in [7, 11) is -4.28. The summed E-state index contributed by atoms with van der Waals surface area (Å²) in [5, 5.41) is 0. The van der Waals surface area contributed by atoms with Gasteiger partial charge in [0.2, 0.25) is 0 Å². The van der Waals surface area contributed by atoms with E-state index in [2.05, 4.69) is 0 Å². The van der Waals surface area contributed by atoms with E-state index < -0.39 is 10.1 Å². The van der Waals surface area contributed by atoms with Crippen LogP contribution < -0.4 is 4.74 Å². The Kier molecular flexibility index (Phi) is 8.51. The molecular weight excluding hydrogens is 286 g/mol. The van der Waals surface area contributed by atoms with Crippen molar-refractivity contribution >= 4 is 69.2 Å². The number of benzene rings is 2. The zero-order chi connectivity index (χ0) is 12.3. The fraction of sp³-hybridized carbons (Fsp3) is 0. The molecule has 0 fully saturated rings. The van der Waals surface area contributed by atoms with Gasteiger partial charge in [-0.15, -0.1) is 0 Å². The van der Waals surface area contributed by atoms with Crippen LogP contribution in [0.5, 0.6) is 11.5 Å². The van der Waals surface area contributed by atoms with Crippen molar-refractivity contribution in [3.05, 3.63) is 54.6 Å². The summed E-state index contributed by atoms with van der Waals surface area (Å²) in [6.45, 7) is 0. The first kappa shape index (κ1) is 19.1. The molecular formula is C12H10Na2O4S. The topological polar surface area (TPSA) is 63.6 Å². The van der Waals surface area contributed by atoms with Crippen LogP contribution in [0.2, 0.25) is 0 Å². The van der Waals surface area contributed by atoms with E-state index in [4.69, 9.17) is 9.29 Å². The second kappa shape index (κ2) is 8.44. The second-order valence-corrected chi connectivity index (χ2v) is 4.73. The molecule has 7 heteroatoms. The van der Waals surface area contributed by atoms with Gasteiger partial charge in [-0.3, -0.25) is 4.55 Å². The van der Waals surface area contributed by atoms with Crippen LogP contribution in [0.3, 0.4) is 0 Å². The average molecular weight is 296 g/mol.